The summed E-state index contributed by atoms with van der Waals surface area (Å²) in [6.45, 7) is 7.33. The highest BCUT2D eigenvalue weighted by Gasteiger charge is 2.03. The largest absolute Gasteiger partial charge is 0.494 e. The van der Waals surface area contributed by atoms with E-state index in [9.17, 15) is 0 Å². The number of hydrogen-bond acceptors (Lipinski definition) is 2. The maximum Gasteiger partial charge on any atom is 0.119 e. The molecule has 0 aliphatic carbocycles. The fourth-order valence-electron chi connectivity index (χ4n) is 1.62. The third-order valence-corrected chi connectivity index (χ3v) is 2.88. The molecule has 2 N–H and O–H groups in total. The van der Waals surface area contributed by atoms with Crippen molar-refractivity contribution >= 4 is 0 Å². The number of rotatable bonds is 7. The number of nitrogens with two attached hydrogens (primary N) is 1. The summed E-state index contributed by atoms with van der Waals surface area (Å²) in [7, 11) is 0. The summed E-state index contributed by atoms with van der Waals surface area (Å²) in [5.41, 5.74) is 7.22. The minimum absolute atomic E-state index is 0.251. The van der Waals surface area contributed by atoms with E-state index in [0.29, 0.717) is 5.92 Å². The van der Waals surface area contributed by atoms with E-state index in [1.54, 1.807) is 0 Å². The van der Waals surface area contributed by atoms with E-state index in [1.807, 2.05) is 12.1 Å². The molecule has 0 spiro atoms. The molecule has 0 aromatic heterocycles. The van der Waals surface area contributed by atoms with E-state index in [-0.39, 0.29) is 6.04 Å². The van der Waals surface area contributed by atoms with E-state index in [0.717, 1.165) is 31.6 Å². The Morgan fingerprint density at radius 3 is 2.71 bits per heavy atom. The van der Waals surface area contributed by atoms with Crippen LogP contribution in [-0.2, 0) is 6.42 Å². The van der Waals surface area contributed by atoms with Gasteiger partial charge in [0.15, 0.2) is 0 Å². The monoisotopic (exact) mass is 235 g/mol. The normalized spacial score (nSPS) is 12.8. The second-order valence-corrected chi connectivity index (χ2v) is 5.05. The zero-order chi connectivity index (χ0) is 12.7. The second-order valence-electron chi connectivity index (χ2n) is 5.05. The predicted octanol–water partition coefficient (Wildman–Crippen LogP) is 3.39. The number of hydrogen-bond donors (Lipinski definition) is 1. The van der Waals surface area contributed by atoms with Crippen molar-refractivity contribution in [2.75, 3.05) is 6.61 Å². The Kier molecular flexibility index (Phi) is 6.06. The first kappa shape index (κ1) is 14.0. The van der Waals surface area contributed by atoms with Gasteiger partial charge in [0.1, 0.15) is 5.75 Å². The Labute approximate surface area is 105 Å². The molecule has 0 amide bonds. The van der Waals surface area contributed by atoms with Crippen LogP contribution in [0.15, 0.2) is 24.3 Å². The van der Waals surface area contributed by atoms with Gasteiger partial charge in [0.2, 0.25) is 0 Å². The van der Waals surface area contributed by atoms with Crippen LogP contribution in [0.4, 0.5) is 0 Å². The first-order valence-electron chi connectivity index (χ1n) is 6.59. The zero-order valence-electron chi connectivity index (χ0n) is 11.3. The highest BCUT2D eigenvalue weighted by molar-refractivity contribution is 5.29. The molecule has 0 radical (unpaired) electrons. The van der Waals surface area contributed by atoms with Gasteiger partial charge < -0.3 is 10.5 Å². The molecule has 0 bridgehead atoms. The average molecular weight is 235 g/mol. The van der Waals surface area contributed by atoms with Crippen molar-refractivity contribution in [2.24, 2.45) is 11.7 Å². The Morgan fingerprint density at radius 2 is 2.06 bits per heavy atom. The first-order chi connectivity index (χ1) is 8.11. The quantitative estimate of drug-likeness (QED) is 0.786. The molecule has 2 heteroatoms. The number of benzene rings is 1. The molecule has 96 valence electrons. The third-order valence-electron chi connectivity index (χ3n) is 2.88. The highest BCUT2D eigenvalue weighted by Crippen LogP contribution is 2.15. The van der Waals surface area contributed by atoms with E-state index in [4.69, 9.17) is 10.5 Å². The van der Waals surface area contributed by atoms with Gasteiger partial charge in [-0.05, 0) is 42.9 Å². The van der Waals surface area contributed by atoms with Gasteiger partial charge in [0.25, 0.3) is 0 Å². The molecule has 17 heavy (non-hydrogen) atoms. The Morgan fingerprint density at radius 1 is 1.29 bits per heavy atom. The SMILES string of the molecule is CCC(N)Cc1cccc(OCCC(C)C)c1. The summed E-state index contributed by atoms with van der Waals surface area (Å²) < 4.78 is 5.73. The van der Waals surface area contributed by atoms with Gasteiger partial charge in [-0.3, -0.25) is 0 Å². The van der Waals surface area contributed by atoms with Gasteiger partial charge in [0.05, 0.1) is 6.61 Å². The lowest BCUT2D eigenvalue weighted by Gasteiger charge is -2.11. The summed E-state index contributed by atoms with van der Waals surface area (Å²) in [6.07, 6.45) is 3.04. The summed E-state index contributed by atoms with van der Waals surface area (Å²) in [6, 6.07) is 8.53. The molecule has 0 saturated heterocycles. The molecule has 1 unspecified atom stereocenters. The van der Waals surface area contributed by atoms with Crippen molar-refractivity contribution in [3.8, 4) is 5.75 Å². The number of ether oxygens (including phenoxy) is 1. The van der Waals surface area contributed by atoms with Gasteiger partial charge in [0, 0.05) is 6.04 Å². The van der Waals surface area contributed by atoms with Crippen LogP contribution < -0.4 is 10.5 Å². The second kappa shape index (κ2) is 7.33. The molecule has 2 nitrogen and oxygen atoms in total. The summed E-state index contributed by atoms with van der Waals surface area (Å²) >= 11 is 0. The third kappa shape index (κ3) is 5.73. The van der Waals surface area contributed by atoms with Crippen LogP contribution in [-0.4, -0.2) is 12.6 Å². The van der Waals surface area contributed by atoms with Gasteiger partial charge in [-0.15, -0.1) is 0 Å². The van der Waals surface area contributed by atoms with Crippen molar-refractivity contribution in [3.05, 3.63) is 29.8 Å². The minimum Gasteiger partial charge on any atom is -0.494 e. The lowest BCUT2D eigenvalue weighted by Crippen LogP contribution is -2.21. The fraction of sp³-hybridized carbons (Fsp3) is 0.600. The summed E-state index contributed by atoms with van der Waals surface area (Å²) in [4.78, 5) is 0. The van der Waals surface area contributed by atoms with Crippen LogP contribution >= 0.6 is 0 Å². The topological polar surface area (TPSA) is 35.2 Å². The van der Waals surface area contributed by atoms with Gasteiger partial charge in [-0.25, -0.2) is 0 Å². The van der Waals surface area contributed by atoms with Crippen LogP contribution in [0.3, 0.4) is 0 Å². The predicted molar refractivity (Wildman–Crippen MR) is 73.4 cm³/mol. The van der Waals surface area contributed by atoms with E-state index in [1.165, 1.54) is 5.56 Å². The van der Waals surface area contributed by atoms with Gasteiger partial charge >= 0.3 is 0 Å². The molecule has 1 aromatic rings. The van der Waals surface area contributed by atoms with Crippen LogP contribution in [0.5, 0.6) is 5.75 Å². The van der Waals surface area contributed by atoms with Crippen LogP contribution in [0.1, 0.15) is 39.2 Å². The van der Waals surface area contributed by atoms with Crippen LogP contribution in [0.25, 0.3) is 0 Å². The van der Waals surface area contributed by atoms with Crippen molar-refractivity contribution in [2.45, 2.75) is 46.1 Å². The molecule has 1 aromatic carbocycles. The molecule has 0 aliphatic rings. The average Bonchev–Trinajstić information content (AvgIpc) is 2.29. The molecular formula is C15H25NO. The fourth-order valence-corrected chi connectivity index (χ4v) is 1.62. The molecule has 0 heterocycles. The maximum absolute atomic E-state index is 5.95. The Balaban J connectivity index is 2.48. The zero-order valence-corrected chi connectivity index (χ0v) is 11.3. The molecule has 0 saturated carbocycles. The highest BCUT2D eigenvalue weighted by atomic mass is 16.5. The Hall–Kier alpha value is -1.02. The van der Waals surface area contributed by atoms with E-state index < -0.39 is 0 Å². The van der Waals surface area contributed by atoms with Crippen LogP contribution in [0.2, 0.25) is 0 Å². The lowest BCUT2D eigenvalue weighted by atomic mass is 10.0. The molecule has 0 aliphatic heterocycles. The summed E-state index contributed by atoms with van der Waals surface area (Å²) in [5, 5.41) is 0. The minimum atomic E-state index is 0.251. The lowest BCUT2D eigenvalue weighted by molar-refractivity contribution is 0.289. The van der Waals surface area contributed by atoms with Gasteiger partial charge in [-0.1, -0.05) is 32.9 Å². The van der Waals surface area contributed by atoms with E-state index in [2.05, 4.69) is 32.9 Å². The van der Waals surface area contributed by atoms with Crippen molar-refractivity contribution in [1.82, 2.24) is 0 Å². The first-order valence-corrected chi connectivity index (χ1v) is 6.59. The van der Waals surface area contributed by atoms with Crippen molar-refractivity contribution in [3.63, 3.8) is 0 Å². The van der Waals surface area contributed by atoms with E-state index >= 15 is 0 Å². The van der Waals surface area contributed by atoms with Gasteiger partial charge in [-0.2, -0.15) is 0 Å². The van der Waals surface area contributed by atoms with Crippen molar-refractivity contribution in [1.29, 1.82) is 0 Å². The molecular weight excluding hydrogens is 210 g/mol. The standard InChI is InChI=1S/C15H25NO/c1-4-14(16)10-13-6-5-7-15(11-13)17-9-8-12(2)3/h5-7,11-12,14H,4,8-10,16H2,1-3H3. The Bertz CT molecular complexity index is 322. The molecule has 0 fully saturated rings. The van der Waals surface area contributed by atoms with Crippen molar-refractivity contribution < 1.29 is 4.74 Å². The summed E-state index contributed by atoms with van der Waals surface area (Å²) in [5.74, 6) is 1.65. The molecule has 1 atom stereocenters. The van der Waals surface area contributed by atoms with Crippen LogP contribution in [0, 0.1) is 5.92 Å². The molecule has 1 rings (SSSR count). The smallest absolute Gasteiger partial charge is 0.119 e. The maximum atomic E-state index is 5.95.